The predicted molar refractivity (Wildman–Crippen MR) is 63.7 cm³/mol. The van der Waals surface area contributed by atoms with Crippen molar-refractivity contribution >= 4 is 0 Å². The molecule has 1 aromatic carbocycles. The first-order chi connectivity index (χ1) is 8.26. The fraction of sp³-hybridized carbons (Fsp3) is 0.538. The molecular formula is C13H18FNO2. The summed E-state index contributed by atoms with van der Waals surface area (Å²) in [7, 11) is 3.49. The van der Waals surface area contributed by atoms with Crippen LogP contribution in [-0.4, -0.2) is 27.4 Å². The van der Waals surface area contributed by atoms with Crippen LogP contribution in [0, 0.1) is 11.7 Å². The standard InChI is InChI=1S/C13H18FNO2/c1-15-13(9-5-6-17-8-9)11-7-10(14)3-4-12(11)16-2/h3-4,7,9,13,15H,5-6,8H2,1-2H3. The van der Waals surface area contributed by atoms with E-state index in [2.05, 4.69) is 5.32 Å². The van der Waals surface area contributed by atoms with E-state index in [0.717, 1.165) is 24.3 Å². The van der Waals surface area contributed by atoms with E-state index < -0.39 is 0 Å². The molecule has 1 N–H and O–H groups in total. The van der Waals surface area contributed by atoms with Gasteiger partial charge in [-0.05, 0) is 31.7 Å². The van der Waals surface area contributed by atoms with E-state index in [-0.39, 0.29) is 11.9 Å². The van der Waals surface area contributed by atoms with Gasteiger partial charge in [0, 0.05) is 24.1 Å². The highest BCUT2D eigenvalue weighted by molar-refractivity contribution is 5.37. The van der Waals surface area contributed by atoms with E-state index >= 15 is 0 Å². The molecule has 1 fully saturated rings. The molecule has 0 radical (unpaired) electrons. The van der Waals surface area contributed by atoms with Gasteiger partial charge in [0.2, 0.25) is 0 Å². The van der Waals surface area contributed by atoms with Gasteiger partial charge in [0.05, 0.1) is 13.7 Å². The van der Waals surface area contributed by atoms with E-state index in [1.165, 1.54) is 6.07 Å². The van der Waals surface area contributed by atoms with Crippen LogP contribution in [-0.2, 0) is 4.74 Å². The summed E-state index contributed by atoms with van der Waals surface area (Å²) >= 11 is 0. The van der Waals surface area contributed by atoms with Crippen LogP contribution in [0.4, 0.5) is 4.39 Å². The van der Waals surface area contributed by atoms with Gasteiger partial charge in [0.25, 0.3) is 0 Å². The number of rotatable bonds is 4. The molecular weight excluding hydrogens is 221 g/mol. The lowest BCUT2D eigenvalue weighted by molar-refractivity contribution is 0.177. The Hall–Kier alpha value is -1.13. The summed E-state index contributed by atoms with van der Waals surface area (Å²) < 4.78 is 24.0. The molecule has 1 heterocycles. The largest absolute Gasteiger partial charge is 0.496 e. The number of ether oxygens (including phenoxy) is 2. The molecule has 1 aliphatic rings. The van der Waals surface area contributed by atoms with Gasteiger partial charge in [-0.15, -0.1) is 0 Å². The Balaban J connectivity index is 2.31. The minimum Gasteiger partial charge on any atom is -0.496 e. The van der Waals surface area contributed by atoms with Gasteiger partial charge in [0.1, 0.15) is 11.6 Å². The highest BCUT2D eigenvalue weighted by Crippen LogP contribution is 2.34. The number of benzene rings is 1. The molecule has 3 nitrogen and oxygen atoms in total. The minimum atomic E-state index is -0.236. The highest BCUT2D eigenvalue weighted by atomic mass is 19.1. The highest BCUT2D eigenvalue weighted by Gasteiger charge is 2.28. The van der Waals surface area contributed by atoms with Crippen molar-refractivity contribution in [3.8, 4) is 5.75 Å². The average molecular weight is 239 g/mol. The molecule has 1 saturated heterocycles. The average Bonchev–Trinajstić information content (AvgIpc) is 2.84. The Morgan fingerprint density at radius 3 is 2.94 bits per heavy atom. The molecule has 94 valence electrons. The summed E-state index contributed by atoms with van der Waals surface area (Å²) in [6.45, 7) is 1.49. The van der Waals surface area contributed by atoms with Crippen LogP contribution in [0.25, 0.3) is 0 Å². The van der Waals surface area contributed by atoms with E-state index in [4.69, 9.17) is 9.47 Å². The molecule has 17 heavy (non-hydrogen) atoms. The van der Waals surface area contributed by atoms with Crippen molar-refractivity contribution in [2.45, 2.75) is 12.5 Å². The maximum atomic E-state index is 13.4. The molecule has 0 spiro atoms. The second kappa shape index (κ2) is 5.47. The van der Waals surface area contributed by atoms with Crippen LogP contribution in [0.1, 0.15) is 18.0 Å². The van der Waals surface area contributed by atoms with Crippen LogP contribution in [0.2, 0.25) is 0 Å². The quantitative estimate of drug-likeness (QED) is 0.873. The molecule has 2 unspecified atom stereocenters. The first-order valence-corrected chi connectivity index (χ1v) is 5.84. The summed E-state index contributed by atoms with van der Waals surface area (Å²) in [6.07, 6.45) is 0.991. The number of methoxy groups -OCH3 is 1. The van der Waals surface area contributed by atoms with Crippen molar-refractivity contribution in [2.24, 2.45) is 5.92 Å². The molecule has 0 bridgehead atoms. The zero-order valence-corrected chi connectivity index (χ0v) is 10.2. The van der Waals surface area contributed by atoms with E-state index in [1.807, 2.05) is 7.05 Å². The maximum absolute atomic E-state index is 13.4. The normalized spacial score (nSPS) is 21.5. The van der Waals surface area contributed by atoms with E-state index in [1.54, 1.807) is 19.2 Å². The SMILES string of the molecule is CNC(c1cc(F)ccc1OC)C1CCOC1. The van der Waals surface area contributed by atoms with Crippen LogP contribution in [0.5, 0.6) is 5.75 Å². The van der Waals surface area contributed by atoms with Crippen molar-refractivity contribution in [2.75, 3.05) is 27.4 Å². The predicted octanol–water partition coefficient (Wildman–Crippen LogP) is 2.13. The molecule has 2 rings (SSSR count). The maximum Gasteiger partial charge on any atom is 0.123 e. The van der Waals surface area contributed by atoms with Crippen LogP contribution in [0.15, 0.2) is 18.2 Å². The Labute approximate surface area is 101 Å². The van der Waals surface area contributed by atoms with Crippen molar-refractivity contribution in [3.63, 3.8) is 0 Å². The van der Waals surface area contributed by atoms with Gasteiger partial charge in [-0.1, -0.05) is 0 Å². The smallest absolute Gasteiger partial charge is 0.123 e. The number of hydrogen-bond donors (Lipinski definition) is 1. The third-order valence-electron chi connectivity index (χ3n) is 3.27. The van der Waals surface area contributed by atoms with Gasteiger partial charge in [-0.25, -0.2) is 4.39 Å². The number of nitrogens with one attached hydrogen (secondary N) is 1. The van der Waals surface area contributed by atoms with Crippen LogP contribution < -0.4 is 10.1 Å². The molecule has 0 aromatic heterocycles. The Morgan fingerprint density at radius 2 is 2.35 bits per heavy atom. The Kier molecular flexibility index (Phi) is 3.97. The third-order valence-corrected chi connectivity index (χ3v) is 3.27. The molecule has 2 atom stereocenters. The Morgan fingerprint density at radius 1 is 1.53 bits per heavy atom. The fourth-order valence-corrected chi connectivity index (χ4v) is 2.41. The zero-order valence-electron chi connectivity index (χ0n) is 10.2. The lowest BCUT2D eigenvalue weighted by atomic mass is 9.92. The summed E-state index contributed by atoms with van der Waals surface area (Å²) in [5, 5.41) is 3.24. The molecule has 1 aromatic rings. The van der Waals surface area contributed by atoms with Crippen LogP contribution >= 0.6 is 0 Å². The number of halogens is 1. The zero-order chi connectivity index (χ0) is 12.3. The molecule has 1 aliphatic heterocycles. The summed E-state index contributed by atoms with van der Waals surface area (Å²) in [4.78, 5) is 0. The van der Waals surface area contributed by atoms with Gasteiger partial charge in [-0.3, -0.25) is 0 Å². The summed E-state index contributed by atoms with van der Waals surface area (Å²) in [6, 6.07) is 4.70. The second-order valence-corrected chi connectivity index (χ2v) is 4.28. The van der Waals surface area contributed by atoms with Gasteiger partial charge in [-0.2, -0.15) is 0 Å². The monoisotopic (exact) mass is 239 g/mol. The summed E-state index contributed by atoms with van der Waals surface area (Å²) in [5.41, 5.74) is 0.866. The Bertz CT molecular complexity index is 378. The lowest BCUT2D eigenvalue weighted by Crippen LogP contribution is -2.26. The first kappa shape index (κ1) is 12.3. The van der Waals surface area contributed by atoms with Gasteiger partial charge in [0.15, 0.2) is 0 Å². The minimum absolute atomic E-state index is 0.0724. The lowest BCUT2D eigenvalue weighted by Gasteiger charge is -2.24. The van der Waals surface area contributed by atoms with E-state index in [0.29, 0.717) is 12.5 Å². The molecule has 0 saturated carbocycles. The van der Waals surface area contributed by atoms with Gasteiger partial charge < -0.3 is 14.8 Å². The van der Waals surface area contributed by atoms with Crippen molar-refractivity contribution in [1.82, 2.24) is 5.32 Å². The van der Waals surface area contributed by atoms with Crippen molar-refractivity contribution in [1.29, 1.82) is 0 Å². The second-order valence-electron chi connectivity index (χ2n) is 4.28. The summed E-state index contributed by atoms with van der Waals surface area (Å²) in [5.74, 6) is 0.855. The van der Waals surface area contributed by atoms with Crippen molar-refractivity contribution < 1.29 is 13.9 Å². The molecule has 0 amide bonds. The van der Waals surface area contributed by atoms with Crippen LogP contribution in [0.3, 0.4) is 0 Å². The van der Waals surface area contributed by atoms with Crippen molar-refractivity contribution in [3.05, 3.63) is 29.6 Å². The first-order valence-electron chi connectivity index (χ1n) is 5.84. The topological polar surface area (TPSA) is 30.5 Å². The third kappa shape index (κ3) is 2.58. The van der Waals surface area contributed by atoms with E-state index in [9.17, 15) is 4.39 Å². The van der Waals surface area contributed by atoms with Gasteiger partial charge >= 0.3 is 0 Å². The fourth-order valence-electron chi connectivity index (χ4n) is 2.41. The number of hydrogen-bond acceptors (Lipinski definition) is 3. The molecule has 4 heteroatoms. The molecule has 0 aliphatic carbocycles.